The molecule has 0 saturated carbocycles. The molecule has 4 heteroatoms. The molecule has 0 aromatic heterocycles. The minimum absolute atomic E-state index is 0.120. The molecule has 2 aromatic carbocycles. The van der Waals surface area contributed by atoms with Crippen molar-refractivity contribution in [2.45, 2.75) is 18.4 Å². The second kappa shape index (κ2) is 4.56. The highest BCUT2D eigenvalue weighted by atomic mass is 19.1. The van der Waals surface area contributed by atoms with Crippen LogP contribution in [0.1, 0.15) is 23.1 Å². The van der Waals surface area contributed by atoms with Crippen molar-refractivity contribution in [1.82, 2.24) is 0 Å². The lowest BCUT2D eigenvalue weighted by Crippen LogP contribution is -2.24. The normalized spacial score (nSPS) is 20.8. The van der Waals surface area contributed by atoms with Crippen molar-refractivity contribution in [3.63, 3.8) is 0 Å². The first kappa shape index (κ1) is 13.1. The SMILES string of the molecule is COc1ccc(C2(O)CCc3c(F)cccc32)cc1F. The van der Waals surface area contributed by atoms with Crippen molar-refractivity contribution in [2.75, 3.05) is 7.11 Å². The van der Waals surface area contributed by atoms with Crippen molar-refractivity contribution >= 4 is 0 Å². The van der Waals surface area contributed by atoms with E-state index in [0.29, 0.717) is 29.5 Å². The van der Waals surface area contributed by atoms with Gasteiger partial charge < -0.3 is 9.84 Å². The van der Waals surface area contributed by atoms with E-state index in [9.17, 15) is 13.9 Å². The van der Waals surface area contributed by atoms with E-state index in [1.54, 1.807) is 18.2 Å². The molecule has 0 spiro atoms. The highest BCUT2D eigenvalue weighted by Gasteiger charge is 2.39. The van der Waals surface area contributed by atoms with Crippen LogP contribution in [0.2, 0.25) is 0 Å². The first-order valence-electron chi connectivity index (χ1n) is 6.40. The Morgan fingerprint density at radius 3 is 2.65 bits per heavy atom. The first-order chi connectivity index (χ1) is 9.56. The average Bonchev–Trinajstić information content (AvgIpc) is 2.79. The fourth-order valence-corrected chi connectivity index (χ4v) is 2.86. The van der Waals surface area contributed by atoms with Crippen LogP contribution in [-0.4, -0.2) is 12.2 Å². The summed E-state index contributed by atoms with van der Waals surface area (Å²) in [6, 6.07) is 8.96. The number of hydrogen-bond donors (Lipinski definition) is 1. The third kappa shape index (κ3) is 1.79. The van der Waals surface area contributed by atoms with Gasteiger partial charge in [-0.1, -0.05) is 18.2 Å². The molecule has 2 nitrogen and oxygen atoms in total. The minimum atomic E-state index is -1.34. The number of methoxy groups -OCH3 is 1. The third-order valence-electron chi connectivity index (χ3n) is 3.93. The zero-order valence-corrected chi connectivity index (χ0v) is 11.0. The van der Waals surface area contributed by atoms with Gasteiger partial charge in [0, 0.05) is 0 Å². The number of aliphatic hydroxyl groups is 1. The van der Waals surface area contributed by atoms with Crippen molar-refractivity contribution in [1.29, 1.82) is 0 Å². The maximum absolute atomic E-state index is 13.8. The summed E-state index contributed by atoms with van der Waals surface area (Å²) >= 11 is 0. The maximum atomic E-state index is 13.8. The summed E-state index contributed by atoms with van der Waals surface area (Å²) in [5.41, 5.74) is 0.0957. The summed E-state index contributed by atoms with van der Waals surface area (Å²) < 4.78 is 32.4. The molecule has 20 heavy (non-hydrogen) atoms. The minimum Gasteiger partial charge on any atom is -0.494 e. The molecule has 1 unspecified atom stereocenters. The van der Waals surface area contributed by atoms with Gasteiger partial charge in [0.2, 0.25) is 0 Å². The number of halogens is 2. The van der Waals surface area contributed by atoms with Gasteiger partial charge in [0.25, 0.3) is 0 Å². The van der Waals surface area contributed by atoms with Gasteiger partial charge >= 0.3 is 0 Å². The Balaban J connectivity index is 2.12. The molecule has 0 amide bonds. The second-order valence-corrected chi connectivity index (χ2v) is 4.98. The molecule has 0 radical (unpaired) electrons. The summed E-state index contributed by atoms with van der Waals surface area (Å²) in [5, 5.41) is 10.9. The summed E-state index contributed by atoms with van der Waals surface area (Å²) in [4.78, 5) is 0. The van der Waals surface area contributed by atoms with Crippen molar-refractivity contribution < 1.29 is 18.6 Å². The van der Waals surface area contributed by atoms with E-state index in [0.717, 1.165) is 0 Å². The molecular weight excluding hydrogens is 262 g/mol. The summed E-state index contributed by atoms with van der Waals surface area (Å²) in [5.74, 6) is -0.745. The lowest BCUT2D eigenvalue weighted by atomic mass is 9.88. The van der Waals surface area contributed by atoms with E-state index in [2.05, 4.69) is 0 Å². The average molecular weight is 276 g/mol. The Morgan fingerprint density at radius 1 is 1.15 bits per heavy atom. The lowest BCUT2D eigenvalue weighted by Gasteiger charge is -2.25. The zero-order valence-electron chi connectivity index (χ0n) is 11.0. The van der Waals surface area contributed by atoms with Gasteiger partial charge in [-0.3, -0.25) is 0 Å². The van der Waals surface area contributed by atoms with Gasteiger partial charge in [0.05, 0.1) is 7.11 Å². The molecule has 1 N–H and O–H groups in total. The Morgan fingerprint density at radius 2 is 1.95 bits per heavy atom. The Labute approximate surface area is 115 Å². The fourth-order valence-electron chi connectivity index (χ4n) is 2.86. The van der Waals surface area contributed by atoms with Crippen LogP contribution in [0.4, 0.5) is 8.78 Å². The maximum Gasteiger partial charge on any atom is 0.165 e. The topological polar surface area (TPSA) is 29.5 Å². The molecule has 1 atom stereocenters. The number of ether oxygens (including phenoxy) is 1. The van der Waals surface area contributed by atoms with Crippen LogP contribution in [0.5, 0.6) is 5.75 Å². The fraction of sp³-hybridized carbons (Fsp3) is 0.250. The van der Waals surface area contributed by atoms with Gasteiger partial charge in [-0.05, 0) is 47.7 Å². The molecule has 3 rings (SSSR count). The van der Waals surface area contributed by atoms with E-state index >= 15 is 0 Å². The van der Waals surface area contributed by atoms with Crippen molar-refractivity contribution in [2.24, 2.45) is 0 Å². The summed E-state index contributed by atoms with van der Waals surface area (Å²) in [6.45, 7) is 0. The molecule has 0 bridgehead atoms. The lowest BCUT2D eigenvalue weighted by molar-refractivity contribution is 0.0824. The molecule has 1 aliphatic rings. The highest BCUT2D eigenvalue weighted by Crippen LogP contribution is 2.43. The van der Waals surface area contributed by atoms with Crippen LogP contribution in [0.25, 0.3) is 0 Å². The van der Waals surface area contributed by atoms with Crippen molar-refractivity contribution in [3.05, 3.63) is 64.7 Å². The predicted molar refractivity (Wildman–Crippen MR) is 70.7 cm³/mol. The standard InChI is InChI=1S/C16H14F2O2/c1-20-15-6-5-10(9-14(15)18)16(19)8-7-11-12(16)3-2-4-13(11)17/h2-6,9,19H,7-8H2,1H3. The molecule has 2 aromatic rings. The molecule has 0 aliphatic heterocycles. The van der Waals surface area contributed by atoms with Gasteiger partial charge in [0.1, 0.15) is 11.4 Å². The van der Waals surface area contributed by atoms with Crippen LogP contribution >= 0.6 is 0 Å². The van der Waals surface area contributed by atoms with Gasteiger partial charge in [-0.15, -0.1) is 0 Å². The Hall–Kier alpha value is -1.94. The van der Waals surface area contributed by atoms with Crippen LogP contribution in [0, 0.1) is 11.6 Å². The van der Waals surface area contributed by atoms with Crippen LogP contribution in [-0.2, 0) is 12.0 Å². The van der Waals surface area contributed by atoms with Gasteiger partial charge in [-0.2, -0.15) is 0 Å². The molecule has 0 fully saturated rings. The largest absolute Gasteiger partial charge is 0.494 e. The number of fused-ring (bicyclic) bond motifs is 1. The van der Waals surface area contributed by atoms with E-state index in [4.69, 9.17) is 4.74 Å². The van der Waals surface area contributed by atoms with Crippen LogP contribution in [0.15, 0.2) is 36.4 Å². The van der Waals surface area contributed by atoms with E-state index in [1.165, 1.54) is 25.3 Å². The molecule has 1 aliphatic carbocycles. The zero-order chi connectivity index (χ0) is 14.3. The second-order valence-electron chi connectivity index (χ2n) is 4.98. The third-order valence-corrected chi connectivity index (χ3v) is 3.93. The van der Waals surface area contributed by atoms with Crippen molar-refractivity contribution in [3.8, 4) is 5.75 Å². The Kier molecular flexibility index (Phi) is 2.98. The van der Waals surface area contributed by atoms with Crippen LogP contribution in [0.3, 0.4) is 0 Å². The smallest absolute Gasteiger partial charge is 0.165 e. The number of rotatable bonds is 2. The summed E-state index contributed by atoms with van der Waals surface area (Å²) in [6.07, 6.45) is 0.779. The molecule has 104 valence electrons. The predicted octanol–water partition coefficient (Wildman–Crippen LogP) is 3.16. The molecule has 0 heterocycles. The monoisotopic (exact) mass is 276 g/mol. The van der Waals surface area contributed by atoms with Gasteiger partial charge in [-0.25, -0.2) is 8.78 Å². The van der Waals surface area contributed by atoms with E-state index in [1.807, 2.05) is 0 Å². The molecule has 0 saturated heterocycles. The highest BCUT2D eigenvalue weighted by molar-refractivity contribution is 5.47. The molecular formula is C16H14F2O2. The Bertz CT molecular complexity index is 670. The van der Waals surface area contributed by atoms with E-state index < -0.39 is 11.4 Å². The number of hydrogen-bond acceptors (Lipinski definition) is 2. The van der Waals surface area contributed by atoms with Crippen LogP contribution < -0.4 is 4.74 Å². The summed E-state index contributed by atoms with van der Waals surface area (Å²) in [7, 11) is 1.38. The number of benzene rings is 2. The van der Waals surface area contributed by atoms with Gasteiger partial charge in [0.15, 0.2) is 11.6 Å². The quantitative estimate of drug-likeness (QED) is 0.913. The van der Waals surface area contributed by atoms with E-state index in [-0.39, 0.29) is 11.6 Å². The first-order valence-corrected chi connectivity index (χ1v) is 6.40.